The Morgan fingerprint density at radius 3 is 0.854 bits per heavy atom. The molecular formula is C70H142N4O8+4. The van der Waals surface area contributed by atoms with Gasteiger partial charge in [-0.1, -0.05) is 233 Å². The van der Waals surface area contributed by atoms with Crippen molar-refractivity contribution in [3.63, 3.8) is 0 Å². The van der Waals surface area contributed by atoms with E-state index in [0.717, 1.165) is 131 Å². The van der Waals surface area contributed by atoms with Crippen molar-refractivity contribution in [2.45, 2.75) is 284 Å². The monoisotopic (exact) mass is 1170 g/mol. The summed E-state index contributed by atoms with van der Waals surface area (Å²) in [5.41, 5.74) is 0. The maximum atomic E-state index is 12.7. The number of quaternary nitrogens is 4. The Kier molecular flexibility index (Phi) is 50.9. The molecule has 2 aliphatic heterocycles. The van der Waals surface area contributed by atoms with Crippen molar-refractivity contribution in [1.82, 2.24) is 0 Å². The van der Waals surface area contributed by atoms with Crippen LogP contribution in [0.3, 0.4) is 0 Å². The van der Waals surface area contributed by atoms with Crippen molar-refractivity contribution in [1.29, 1.82) is 0 Å². The Balaban J connectivity index is 0.000000903. The number of carbonyl (C=O) groups excluding carboxylic acids is 3. The minimum absolute atomic E-state index is 0.0218. The molecule has 2 fully saturated rings. The second kappa shape index (κ2) is 53.4. The normalized spacial score (nSPS) is 15.2. The predicted molar refractivity (Wildman–Crippen MR) is 345 cm³/mol. The van der Waals surface area contributed by atoms with Crippen LogP contribution in [0.15, 0.2) is 0 Å². The van der Waals surface area contributed by atoms with E-state index in [1.807, 2.05) is 0 Å². The minimum atomic E-state index is -0.0980. The van der Waals surface area contributed by atoms with Gasteiger partial charge in [0, 0.05) is 12.8 Å². The molecule has 486 valence electrons. The van der Waals surface area contributed by atoms with Crippen LogP contribution in [0.25, 0.3) is 0 Å². The van der Waals surface area contributed by atoms with Crippen molar-refractivity contribution < 1.29 is 56.0 Å². The fraction of sp³-hybridized carbons (Fsp3) is 0.957. The Bertz CT molecular complexity index is 1410. The van der Waals surface area contributed by atoms with Gasteiger partial charge in [0.15, 0.2) is 0 Å². The summed E-state index contributed by atoms with van der Waals surface area (Å²) in [5, 5.41) is 0. The first kappa shape index (κ1) is 78.2. The van der Waals surface area contributed by atoms with Crippen LogP contribution < -0.4 is 0 Å². The summed E-state index contributed by atoms with van der Waals surface area (Å²) in [7, 11) is 11.3. The van der Waals surface area contributed by atoms with Crippen molar-refractivity contribution in [3.05, 3.63) is 0 Å². The average Bonchev–Trinajstić information content (AvgIpc) is 3.46. The van der Waals surface area contributed by atoms with Gasteiger partial charge in [-0.05, 0) is 19.3 Å². The first-order valence-corrected chi connectivity index (χ1v) is 35.6. The van der Waals surface area contributed by atoms with Crippen LogP contribution in [-0.2, 0) is 38.1 Å². The highest BCUT2D eigenvalue weighted by Crippen LogP contribution is 2.18. The summed E-state index contributed by atoms with van der Waals surface area (Å²) in [5.74, 6) is -0.218. The number of morpholine rings is 2. The molecule has 0 unspecified atom stereocenters. The molecule has 2 aliphatic rings. The van der Waals surface area contributed by atoms with Crippen LogP contribution >= 0.6 is 0 Å². The van der Waals surface area contributed by atoms with E-state index in [0.29, 0.717) is 56.7 Å². The Labute approximate surface area is 509 Å². The maximum Gasteiger partial charge on any atom is 0.311 e. The number of hydrogen-bond donors (Lipinski definition) is 0. The Morgan fingerprint density at radius 1 is 0.329 bits per heavy atom. The lowest BCUT2D eigenvalue weighted by atomic mass is 10.1. The van der Waals surface area contributed by atoms with E-state index in [1.165, 1.54) is 212 Å². The zero-order valence-electron chi connectivity index (χ0n) is 56.3. The quantitative estimate of drug-likeness (QED) is 0.0257. The molecular weight excluding hydrogens is 1020 g/mol. The molecule has 0 saturated carbocycles. The molecule has 2 heterocycles. The SMILES string of the molecule is CCCCCCCCCCCCCCOC(=O)CC[N+](C)(C)CCC[N+]1(C)CCOCC1.CCCCCCCCCCCCCCOC(=O)CC[N+](C)(CCC[N+]1(C)CCOCC1)CCC(=O)OCCCCCCCCCCCCCC. The molecule has 0 atom stereocenters. The van der Waals surface area contributed by atoms with Gasteiger partial charge in [-0.15, -0.1) is 0 Å². The van der Waals surface area contributed by atoms with Gasteiger partial charge in [0.25, 0.3) is 0 Å². The fourth-order valence-corrected chi connectivity index (χ4v) is 11.9. The Morgan fingerprint density at radius 2 is 0.573 bits per heavy atom. The number of nitrogens with zero attached hydrogens (tertiary/aromatic N) is 4. The predicted octanol–water partition coefficient (Wildman–Crippen LogP) is 16.1. The molecule has 2 rings (SSSR count). The minimum Gasteiger partial charge on any atom is -0.466 e. The van der Waals surface area contributed by atoms with Gasteiger partial charge in [-0.25, -0.2) is 0 Å². The standard InChI is InChI=1S/C43H86N2O5.C27H56N2O3/c1-5-7-9-11-13-15-17-19-21-23-25-27-38-49-42(46)30-34-44(3,32-29-33-45(4)36-40-48-41-37-45)35-31-43(47)50-39-28-26-24-22-20-18-16-14-12-10-8-6-2;1-5-6-7-8-9-10-11-12-13-14-15-16-24-32-27(30)18-21-28(2,3)19-17-20-29(4)22-25-31-26-23-29/h5-41H2,1-4H3;5-26H2,1-4H3/q2*+2. The molecule has 0 aromatic carbocycles. The maximum absolute atomic E-state index is 12.7. The highest BCUT2D eigenvalue weighted by atomic mass is 16.5. The van der Waals surface area contributed by atoms with Crippen LogP contribution in [0.2, 0.25) is 0 Å². The molecule has 0 radical (unpaired) electrons. The first-order valence-electron chi connectivity index (χ1n) is 35.6. The molecule has 12 heteroatoms. The van der Waals surface area contributed by atoms with Gasteiger partial charge in [0.2, 0.25) is 0 Å². The van der Waals surface area contributed by atoms with Crippen LogP contribution in [0.1, 0.15) is 284 Å². The lowest BCUT2D eigenvalue weighted by Crippen LogP contribution is -2.54. The summed E-state index contributed by atoms with van der Waals surface area (Å²) < 4.78 is 31.6. The van der Waals surface area contributed by atoms with Crippen LogP contribution in [0.4, 0.5) is 0 Å². The van der Waals surface area contributed by atoms with Crippen molar-refractivity contribution >= 4 is 17.9 Å². The van der Waals surface area contributed by atoms with E-state index in [9.17, 15) is 14.4 Å². The van der Waals surface area contributed by atoms with Crippen LogP contribution in [-0.4, -0.2) is 189 Å². The van der Waals surface area contributed by atoms with Gasteiger partial charge in [0.05, 0.1) is 147 Å². The topological polar surface area (TPSA) is 97.4 Å². The molecule has 82 heavy (non-hydrogen) atoms. The number of rotatable bonds is 56. The van der Waals surface area contributed by atoms with Crippen LogP contribution in [0, 0.1) is 0 Å². The summed E-state index contributed by atoms with van der Waals surface area (Å²) >= 11 is 0. The Hall–Kier alpha value is -1.83. The van der Waals surface area contributed by atoms with Gasteiger partial charge in [-0.2, -0.15) is 0 Å². The molecule has 0 bridgehead atoms. The third-order valence-electron chi connectivity index (χ3n) is 18.4. The third kappa shape index (κ3) is 49.3. The molecule has 2 saturated heterocycles. The van der Waals surface area contributed by atoms with E-state index in [2.05, 4.69) is 56.0 Å². The number of carbonyl (C=O) groups is 3. The number of unbranched alkanes of at least 4 members (excludes halogenated alkanes) is 33. The van der Waals surface area contributed by atoms with Gasteiger partial charge >= 0.3 is 17.9 Å². The molecule has 12 nitrogen and oxygen atoms in total. The summed E-state index contributed by atoms with van der Waals surface area (Å²) in [4.78, 5) is 37.5. The molecule has 0 aromatic rings. The lowest BCUT2D eigenvalue weighted by Gasteiger charge is -2.39. The second-order valence-electron chi connectivity index (χ2n) is 27.3. The molecule has 0 N–H and O–H groups in total. The van der Waals surface area contributed by atoms with E-state index >= 15 is 0 Å². The fourth-order valence-electron chi connectivity index (χ4n) is 11.9. The summed E-state index contributed by atoms with van der Waals surface area (Å²) in [6, 6.07) is 0. The highest BCUT2D eigenvalue weighted by molar-refractivity contribution is 5.70. The van der Waals surface area contributed by atoms with Crippen molar-refractivity contribution in [3.8, 4) is 0 Å². The van der Waals surface area contributed by atoms with Gasteiger partial charge in [0.1, 0.15) is 26.2 Å². The molecule has 0 spiro atoms. The highest BCUT2D eigenvalue weighted by Gasteiger charge is 2.30. The summed E-state index contributed by atoms with van der Waals surface area (Å²) in [6.45, 7) is 22.9. The largest absolute Gasteiger partial charge is 0.466 e. The zero-order valence-corrected chi connectivity index (χ0v) is 56.3. The van der Waals surface area contributed by atoms with E-state index in [1.54, 1.807) is 0 Å². The lowest BCUT2D eigenvalue weighted by molar-refractivity contribution is -0.931. The molecule has 0 aromatic heterocycles. The second-order valence-corrected chi connectivity index (χ2v) is 27.3. The van der Waals surface area contributed by atoms with E-state index < -0.39 is 0 Å². The summed E-state index contributed by atoms with van der Waals surface area (Å²) in [6.07, 6.45) is 50.8. The number of esters is 3. The third-order valence-corrected chi connectivity index (χ3v) is 18.4. The molecule has 0 aliphatic carbocycles. The number of likely N-dealkylation sites (N-methyl/N-ethyl adjacent to an activating group) is 2. The van der Waals surface area contributed by atoms with Gasteiger partial charge in [-0.3, -0.25) is 14.4 Å². The van der Waals surface area contributed by atoms with Crippen molar-refractivity contribution in [2.75, 3.05) is 153 Å². The van der Waals surface area contributed by atoms with Crippen LogP contribution in [0.5, 0.6) is 0 Å². The number of ether oxygens (including phenoxy) is 5. The smallest absolute Gasteiger partial charge is 0.311 e. The van der Waals surface area contributed by atoms with E-state index in [-0.39, 0.29) is 17.9 Å². The molecule has 0 amide bonds. The van der Waals surface area contributed by atoms with Crippen molar-refractivity contribution in [2.24, 2.45) is 0 Å². The average molecular weight is 1170 g/mol. The number of hydrogen-bond acceptors (Lipinski definition) is 8. The van der Waals surface area contributed by atoms with Gasteiger partial charge < -0.3 is 41.6 Å². The first-order chi connectivity index (χ1) is 39.7. The zero-order chi connectivity index (χ0) is 60.0. The van der Waals surface area contributed by atoms with E-state index in [4.69, 9.17) is 23.7 Å².